The molecule has 0 radical (unpaired) electrons. The van der Waals surface area contributed by atoms with Gasteiger partial charge in [0, 0.05) is 31.2 Å². The van der Waals surface area contributed by atoms with Gasteiger partial charge in [0.2, 0.25) is 0 Å². The molecule has 0 unspecified atom stereocenters. The minimum atomic E-state index is 0.0850. The van der Waals surface area contributed by atoms with E-state index in [1.807, 2.05) is 0 Å². The molecule has 1 fully saturated rings. The monoisotopic (exact) mass is 300 g/mol. The Morgan fingerprint density at radius 2 is 1.55 bits per heavy atom. The zero-order chi connectivity index (χ0) is 15.1. The van der Waals surface area contributed by atoms with Crippen LogP contribution in [0.5, 0.6) is 5.75 Å². The third-order valence-electron chi connectivity index (χ3n) is 2.09. The highest BCUT2D eigenvalue weighted by Crippen LogP contribution is 2.14. The van der Waals surface area contributed by atoms with Crippen molar-refractivity contribution in [2.75, 3.05) is 32.8 Å². The molecule has 0 bridgehead atoms. The van der Waals surface area contributed by atoms with Gasteiger partial charge in [0.05, 0.1) is 0 Å². The Kier molecular flexibility index (Phi) is 13.5. The van der Waals surface area contributed by atoms with E-state index in [1.54, 1.807) is 24.3 Å². The lowest BCUT2D eigenvalue weighted by atomic mass is 10.3. The number of hydrogen-bond acceptors (Lipinski definition) is 4. The highest BCUT2D eigenvalue weighted by Gasteiger charge is 1.92. The van der Waals surface area contributed by atoms with Gasteiger partial charge >= 0.3 is 0 Å². The maximum absolute atomic E-state index is 9.89. The van der Waals surface area contributed by atoms with Crippen LogP contribution in [-0.4, -0.2) is 39.1 Å². The third-order valence-corrected chi connectivity index (χ3v) is 2.34. The first kappa shape index (κ1) is 18.9. The second-order valence-electron chi connectivity index (χ2n) is 4.14. The van der Waals surface area contributed by atoms with Crippen LogP contribution in [0.25, 0.3) is 0 Å². The summed E-state index contributed by atoms with van der Waals surface area (Å²) in [5.74, 6) is 0.654. The number of piperazine rings is 1. The van der Waals surface area contributed by atoms with Crippen molar-refractivity contribution in [3.8, 4) is 5.75 Å². The molecule has 1 aromatic carbocycles. The first-order chi connectivity index (χ1) is 9.74. The number of benzene rings is 1. The Labute approximate surface area is 126 Å². The molecular weight excluding hydrogens is 276 g/mol. The molecule has 1 aliphatic heterocycles. The van der Waals surface area contributed by atoms with Crippen LogP contribution in [-0.2, 0) is 4.79 Å². The van der Waals surface area contributed by atoms with Crippen LogP contribution in [0.15, 0.2) is 24.3 Å². The molecule has 1 aromatic rings. The molecule has 1 saturated heterocycles. The molecule has 2 N–H and O–H groups in total. The number of aldehydes is 1. The number of hydrogen-bond donors (Lipinski definition) is 2. The van der Waals surface area contributed by atoms with Gasteiger partial charge in [0.1, 0.15) is 12.4 Å². The highest BCUT2D eigenvalue weighted by atomic mass is 35.5. The fourth-order valence-corrected chi connectivity index (χ4v) is 1.39. The van der Waals surface area contributed by atoms with Gasteiger partial charge in [-0.25, -0.2) is 0 Å². The Bertz CT molecular complexity index is 316. The minimum Gasteiger partial charge on any atom is -0.486 e. The lowest BCUT2D eigenvalue weighted by Crippen LogP contribution is -2.39. The van der Waals surface area contributed by atoms with Gasteiger partial charge in [-0.2, -0.15) is 0 Å². The Hall–Kier alpha value is -1.10. The molecule has 1 aliphatic rings. The largest absolute Gasteiger partial charge is 0.486 e. The molecule has 0 aromatic heterocycles. The first-order valence-electron chi connectivity index (χ1n) is 6.98. The van der Waals surface area contributed by atoms with E-state index in [2.05, 4.69) is 24.5 Å². The molecule has 5 heteroatoms. The zero-order valence-electron chi connectivity index (χ0n) is 12.3. The van der Waals surface area contributed by atoms with Crippen molar-refractivity contribution in [3.05, 3.63) is 29.3 Å². The van der Waals surface area contributed by atoms with Gasteiger partial charge in [-0.3, -0.25) is 4.79 Å². The van der Waals surface area contributed by atoms with Crippen molar-refractivity contribution in [2.24, 2.45) is 0 Å². The van der Waals surface area contributed by atoms with E-state index in [9.17, 15) is 4.79 Å². The van der Waals surface area contributed by atoms with E-state index in [4.69, 9.17) is 16.3 Å². The van der Waals surface area contributed by atoms with Crippen molar-refractivity contribution < 1.29 is 9.53 Å². The van der Waals surface area contributed by atoms with E-state index in [-0.39, 0.29) is 6.61 Å². The van der Waals surface area contributed by atoms with Crippen molar-refractivity contribution in [1.29, 1.82) is 0 Å². The van der Waals surface area contributed by atoms with E-state index in [1.165, 1.54) is 6.42 Å². The molecule has 0 aliphatic carbocycles. The average Bonchev–Trinajstić information content (AvgIpc) is 2.50. The maximum Gasteiger partial charge on any atom is 0.157 e. The fraction of sp³-hybridized carbons (Fsp3) is 0.533. The predicted molar refractivity (Wildman–Crippen MR) is 84.7 cm³/mol. The summed E-state index contributed by atoms with van der Waals surface area (Å²) in [6.07, 6.45) is 1.95. The van der Waals surface area contributed by atoms with Crippen LogP contribution < -0.4 is 15.4 Å². The Morgan fingerprint density at radius 1 is 1.10 bits per heavy atom. The second kappa shape index (κ2) is 14.3. The van der Waals surface area contributed by atoms with E-state index < -0.39 is 0 Å². The smallest absolute Gasteiger partial charge is 0.157 e. The molecule has 0 spiro atoms. The van der Waals surface area contributed by atoms with E-state index in [0.717, 1.165) is 26.2 Å². The topological polar surface area (TPSA) is 50.4 Å². The van der Waals surface area contributed by atoms with Gasteiger partial charge < -0.3 is 15.4 Å². The summed E-state index contributed by atoms with van der Waals surface area (Å²) in [6.45, 7) is 8.89. The van der Waals surface area contributed by atoms with Gasteiger partial charge in [-0.05, 0) is 24.3 Å². The summed E-state index contributed by atoms with van der Waals surface area (Å²) >= 11 is 5.62. The molecule has 0 saturated carbocycles. The SMILES string of the molecule is C1CNCCN1.CCC.O=CCOc1ccc(Cl)cc1. The van der Waals surface area contributed by atoms with Gasteiger partial charge in [-0.1, -0.05) is 31.9 Å². The predicted octanol–water partition coefficient (Wildman–Crippen LogP) is 2.51. The molecule has 114 valence electrons. The van der Waals surface area contributed by atoms with Crippen molar-refractivity contribution in [2.45, 2.75) is 20.3 Å². The maximum atomic E-state index is 9.89. The summed E-state index contributed by atoms with van der Waals surface area (Å²) in [7, 11) is 0. The van der Waals surface area contributed by atoms with Crippen LogP contribution in [0, 0.1) is 0 Å². The standard InChI is InChI=1S/C8H7ClO2.C4H10N2.C3H8/c9-7-1-3-8(4-2-7)11-6-5-10;1-2-6-4-3-5-1;1-3-2/h1-5H,6H2;5-6H,1-4H2;3H2,1-2H3. The first-order valence-corrected chi connectivity index (χ1v) is 7.35. The van der Waals surface area contributed by atoms with Crippen molar-refractivity contribution >= 4 is 17.9 Å². The van der Waals surface area contributed by atoms with Gasteiger partial charge in [-0.15, -0.1) is 0 Å². The lowest BCUT2D eigenvalue weighted by Gasteiger charge is -2.11. The summed E-state index contributed by atoms with van der Waals surface area (Å²) in [6, 6.07) is 6.85. The summed E-state index contributed by atoms with van der Waals surface area (Å²) in [5.41, 5.74) is 0. The van der Waals surface area contributed by atoms with Crippen LogP contribution in [0.2, 0.25) is 5.02 Å². The Balaban J connectivity index is 0.000000336. The van der Waals surface area contributed by atoms with Gasteiger partial charge in [0.15, 0.2) is 6.29 Å². The molecule has 1 heterocycles. The number of nitrogens with one attached hydrogen (secondary N) is 2. The number of halogens is 1. The molecule has 0 atom stereocenters. The molecule has 2 rings (SSSR count). The van der Waals surface area contributed by atoms with Crippen LogP contribution in [0.3, 0.4) is 0 Å². The van der Waals surface area contributed by atoms with E-state index >= 15 is 0 Å². The minimum absolute atomic E-state index is 0.0850. The zero-order valence-corrected chi connectivity index (χ0v) is 13.1. The normalized spacial score (nSPS) is 13.2. The lowest BCUT2D eigenvalue weighted by molar-refractivity contribution is -0.109. The third kappa shape index (κ3) is 12.0. The van der Waals surface area contributed by atoms with E-state index in [0.29, 0.717) is 17.1 Å². The number of ether oxygens (including phenoxy) is 1. The summed E-state index contributed by atoms with van der Waals surface area (Å²) in [4.78, 5) is 9.89. The average molecular weight is 301 g/mol. The number of rotatable bonds is 3. The quantitative estimate of drug-likeness (QED) is 0.842. The van der Waals surface area contributed by atoms with Crippen molar-refractivity contribution in [3.63, 3.8) is 0 Å². The Morgan fingerprint density at radius 3 is 1.90 bits per heavy atom. The molecule has 4 nitrogen and oxygen atoms in total. The van der Waals surface area contributed by atoms with Gasteiger partial charge in [0.25, 0.3) is 0 Å². The molecule has 20 heavy (non-hydrogen) atoms. The summed E-state index contributed by atoms with van der Waals surface area (Å²) in [5, 5.41) is 7.10. The molecular formula is C15H25ClN2O2. The highest BCUT2D eigenvalue weighted by molar-refractivity contribution is 6.30. The van der Waals surface area contributed by atoms with Crippen LogP contribution >= 0.6 is 11.6 Å². The fourth-order valence-electron chi connectivity index (χ4n) is 1.26. The van der Waals surface area contributed by atoms with Crippen LogP contribution in [0.4, 0.5) is 0 Å². The summed E-state index contributed by atoms with van der Waals surface area (Å²) < 4.78 is 4.98. The number of carbonyl (C=O) groups excluding carboxylic acids is 1. The number of carbonyl (C=O) groups is 1. The van der Waals surface area contributed by atoms with Crippen LogP contribution in [0.1, 0.15) is 20.3 Å². The molecule has 0 amide bonds. The second-order valence-corrected chi connectivity index (χ2v) is 4.58. The van der Waals surface area contributed by atoms with Crippen molar-refractivity contribution in [1.82, 2.24) is 10.6 Å².